The van der Waals surface area contributed by atoms with Crippen LogP contribution in [0.5, 0.6) is 0 Å². The molecule has 5 atom stereocenters. The van der Waals surface area contributed by atoms with Gasteiger partial charge in [0.15, 0.2) is 0 Å². The second-order valence-electron chi connectivity index (χ2n) is 11.4. The number of fused-ring (bicyclic) bond motifs is 6. The van der Waals surface area contributed by atoms with Crippen LogP contribution in [0.4, 0.5) is 4.79 Å². The zero-order chi connectivity index (χ0) is 28.2. The van der Waals surface area contributed by atoms with Crippen LogP contribution in [0.25, 0.3) is 10.9 Å². The number of nitrogens with one attached hydrogen (secondary N) is 1. The number of carbonyl (C=O) groups excluding carboxylic acids is 1. The van der Waals surface area contributed by atoms with Crippen molar-refractivity contribution in [2.75, 3.05) is 26.7 Å². The second kappa shape index (κ2) is 12.4. The topological polar surface area (TPSA) is 106 Å². The molecule has 8 heteroatoms. The number of H-pyrrole nitrogens is 1. The number of carboxylic acid groups (broad SMARTS) is 1. The third-order valence-electron chi connectivity index (χ3n) is 9.00. The van der Waals surface area contributed by atoms with Gasteiger partial charge in [-0.15, -0.1) is 0 Å². The van der Waals surface area contributed by atoms with Gasteiger partial charge in [-0.25, -0.2) is 4.79 Å². The molecule has 3 aliphatic rings. The van der Waals surface area contributed by atoms with E-state index in [4.69, 9.17) is 9.84 Å². The van der Waals surface area contributed by atoms with Crippen LogP contribution in [0.3, 0.4) is 0 Å². The average molecular weight is 548 g/mol. The van der Waals surface area contributed by atoms with Crippen molar-refractivity contribution in [2.24, 2.45) is 17.8 Å². The van der Waals surface area contributed by atoms with Crippen LogP contribution < -0.4 is 0 Å². The van der Waals surface area contributed by atoms with Gasteiger partial charge in [-0.05, 0) is 61.1 Å². The van der Waals surface area contributed by atoms with E-state index < -0.39 is 12.2 Å². The Morgan fingerprint density at radius 3 is 2.58 bits per heavy atom. The van der Waals surface area contributed by atoms with E-state index in [2.05, 4.69) is 34.1 Å². The van der Waals surface area contributed by atoms with Crippen molar-refractivity contribution in [1.29, 1.82) is 0 Å². The number of aliphatic hydroxyl groups excluding tert-OH is 1. The van der Waals surface area contributed by atoms with E-state index in [1.807, 2.05) is 37.3 Å². The maximum absolute atomic E-state index is 12.4. The number of esters is 1. The van der Waals surface area contributed by atoms with Gasteiger partial charge in [-0.1, -0.05) is 55.5 Å². The number of rotatable bonds is 5. The van der Waals surface area contributed by atoms with Gasteiger partial charge in [0.25, 0.3) is 0 Å². The lowest BCUT2D eigenvalue weighted by Crippen LogP contribution is -2.53. The number of ether oxygens (including phenoxy) is 1. The number of nitrogens with zero attached hydrogens (tertiary/aromatic N) is 2. The molecule has 0 spiro atoms. The maximum atomic E-state index is 12.4. The molecule has 0 bridgehead atoms. The minimum absolute atomic E-state index is 0.199. The van der Waals surface area contributed by atoms with Gasteiger partial charge < -0.3 is 24.8 Å². The zero-order valence-corrected chi connectivity index (χ0v) is 23.5. The normalized spacial score (nSPS) is 25.5. The molecule has 0 radical (unpaired) electrons. The number of methoxy groups -OCH3 is 1. The van der Waals surface area contributed by atoms with Crippen molar-refractivity contribution in [2.45, 2.75) is 57.7 Å². The summed E-state index contributed by atoms with van der Waals surface area (Å²) in [7, 11) is 1.43. The smallest absolute Gasteiger partial charge is 0.407 e. The molecule has 3 aromatic rings. The summed E-state index contributed by atoms with van der Waals surface area (Å²) in [5, 5.41) is 20.7. The number of piperidine rings is 1. The summed E-state index contributed by atoms with van der Waals surface area (Å²) in [6.45, 7) is 5.13. The number of aromatic amines is 1. The average Bonchev–Trinajstić information content (AvgIpc) is 3.36. The second-order valence-corrected chi connectivity index (χ2v) is 11.4. The Balaban J connectivity index is 0.000000197. The van der Waals surface area contributed by atoms with Crippen LogP contribution in [-0.2, 0) is 22.5 Å². The van der Waals surface area contributed by atoms with E-state index in [1.165, 1.54) is 34.2 Å². The third-order valence-corrected chi connectivity index (χ3v) is 9.00. The van der Waals surface area contributed by atoms with Crippen LogP contribution >= 0.6 is 0 Å². The monoisotopic (exact) mass is 547 g/mol. The molecule has 0 unspecified atom stereocenters. The number of aliphatic hydroxyl groups is 1. The molecule has 214 valence electrons. The molecular formula is C32H41N3O5. The van der Waals surface area contributed by atoms with Crippen molar-refractivity contribution >= 4 is 23.0 Å². The Bertz CT molecular complexity index is 1310. The fraction of sp³-hybridized carbons (Fsp3) is 0.500. The minimum atomic E-state index is -0.851. The first-order chi connectivity index (χ1) is 19.4. The van der Waals surface area contributed by atoms with Gasteiger partial charge in [0.1, 0.15) is 0 Å². The highest BCUT2D eigenvalue weighted by Crippen LogP contribution is 2.49. The fourth-order valence-corrected chi connectivity index (χ4v) is 7.12. The molecule has 1 aromatic heterocycles. The van der Waals surface area contributed by atoms with E-state index in [1.54, 1.807) is 0 Å². The molecule has 1 saturated heterocycles. The molecule has 40 heavy (non-hydrogen) atoms. The number of aromatic nitrogens is 1. The van der Waals surface area contributed by atoms with Crippen LogP contribution in [0, 0.1) is 17.8 Å². The van der Waals surface area contributed by atoms with Gasteiger partial charge in [-0.2, -0.15) is 0 Å². The summed E-state index contributed by atoms with van der Waals surface area (Å²) in [5.41, 5.74) is 4.99. The quantitative estimate of drug-likeness (QED) is 0.378. The molecule has 6 rings (SSSR count). The number of hydrogen-bond donors (Lipinski definition) is 3. The van der Waals surface area contributed by atoms with Crippen molar-refractivity contribution in [3.8, 4) is 0 Å². The highest BCUT2D eigenvalue weighted by Gasteiger charge is 2.49. The predicted octanol–water partition coefficient (Wildman–Crippen LogP) is 5.22. The third kappa shape index (κ3) is 5.74. The van der Waals surface area contributed by atoms with Crippen molar-refractivity contribution in [3.05, 3.63) is 71.4 Å². The summed E-state index contributed by atoms with van der Waals surface area (Å²) in [6, 6.07) is 18.5. The number of amides is 1. The Morgan fingerprint density at radius 2 is 1.85 bits per heavy atom. The van der Waals surface area contributed by atoms with Crippen molar-refractivity contribution in [1.82, 2.24) is 14.8 Å². The van der Waals surface area contributed by atoms with Crippen molar-refractivity contribution < 1.29 is 24.5 Å². The fourth-order valence-electron chi connectivity index (χ4n) is 7.12. The SMILES string of the molecule is CCCN(Cc1ccccc1)C(=O)O.COC(=O)[C@@H]1[C@H]2C[C@H]3c4[nH]c5ccccc5c4CCN3C[C@@H]2CC[C@@H]1O. The Labute approximate surface area is 235 Å². The van der Waals surface area contributed by atoms with E-state index in [0.29, 0.717) is 31.5 Å². The molecule has 3 N–H and O–H groups in total. The Kier molecular flexibility index (Phi) is 8.76. The molecule has 1 saturated carbocycles. The van der Waals surface area contributed by atoms with Crippen LogP contribution in [0.15, 0.2) is 54.6 Å². The number of para-hydroxylation sites is 1. The number of carbonyl (C=O) groups is 2. The van der Waals surface area contributed by atoms with Crippen LogP contribution in [0.2, 0.25) is 0 Å². The van der Waals surface area contributed by atoms with Gasteiger partial charge in [0.2, 0.25) is 0 Å². The van der Waals surface area contributed by atoms with Crippen molar-refractivity contribution in [3.63, 3.8) is 0 Å². The largest absolute Gasteiger partial charge is 0.469 e. The minimum Gasteiger partial charge on any atom is -0.469 e. The van der Waals surface area contributed by atoms with Crippen LogP contribution in [-0.4, -0.2) is 69.9 Å². The maximum Gasteiger partial charge on any atom is 0.407 e. The Morgan fingerprint density at radius 1 is 1.10 bits per heavy atom. The lowest BCUT2D eigenvalue weighted by atomic mass is 9.65. The summed E-state index contributed by atoms with van der Waals surface area (Å²) in [5.74, 6) is 0.0541. The summed E-state index contributed by atoms with van der Waals surface area (Å²) in [4.78, 5) is 30.9. The van der Waals surface area contributed by atoms with Gasteiger partial charge in [0, 0.05) is 42.8 Å². The highest BCUT2D eigenvalue weighted by molar-refractivity contribution is 5.85. The van der Waals surface area contributed by atoms with E-state index in [-0.39, 0.29) is 17.8 Å². The first-order valence-corrected chi connectivity index (χ1v) is 14.5. The van der Waals surface area contributed by atoms with Gasteiger partial charge >= 0.3 is 12.1 Å². The molecule has 1 amide bonds. The zero-order valence-electron chi connectivity index (χ0n) is 23.5. The molecule has 2 aliphatic heterocycles. The first-order valence-electron chi connectivity index (χ1n) is 14.5. The van der Waals surface area contributed by atoms with E-state index in [0.717, 1.165) is 44.3 Å². The lowest BCUT2D eigenvalue weighted by molar-refractivity contribution is -0.160. The van der Waals surface area contributed by atoms with Gasteiger partial charge in [-0.3, -0.25) is 9.69 Å². The van der Waals surface area contributed by atoms with Crippen LogP contribution in [0.1, 0.15) is 55.5 Å². The summed E-state index contributed by atoms with van der Waals surface area (Å²) in [6.07, 6.45) is 3.13. The first kappa shape index (κ1) is 28.2. The number of benzene rings is 2. The molecule has 2 aromatic carbocycles. The predicted molar refractivity (Wildman–Crippen MR) is 154 cm³/mol. The molecule has 2 fully saturated rings. The summed E-state index contributed by atoms with van der Waals surface area (Å²) >= 11 is 0. The molecular weight excluding hydrogens is 506 g/mol. The van der Waals surface area contributed by atoms with E-state index in [9.17, 15) is 14.7 Å². The number of hydrogen-bond acceptors (Lipinski definition) is 5. The molecule has 1 aliphatic carbocycles. The molecule has 8 nitrogen and oxygen atoms in total. The van der Waals surface area contributed by atoms with E-state index >= 15 is 0 Å². The molecule has 3 heterocycles. The van der Waals surface area contributed by atoms with Gasteiger partial charge in [0.05, 0.1) is 25.2 Å². The highest BCUT2D eigenvalue weighted by atomic mass is 16.5. The summed E-state index contributed by atoms with van der Waals surface area (Å²) < 4.78 is 5.04. The lowest BCUT2D eigenvalue weighted by Gasteiger charge is -2.50. The standard InChI is InChI=1S/C21H26N2O3.C11H15NO2/c1-26-21(25)19-15-10-17-20-14(13-4-2-3-5-16(13)22-20)8-9-23(17)11-12(15)6-7-18(19)24;1-2-8-12(11(13)14)9-10-6-4-3-5-7-10/h2-5,12,15,17-19,22,24H,6-11H2,1H3;3-7H,2,8-9H2,1H3,(H,13,14)/t12-,15-,17-,18-,19+;/m0./s1. The Hall–Kier alpha value is -3.36.